The van der Waals surface area contributed by atoms with Crippen molar-refractivity contribution < 1.29 is 4.79 Å². The van der Waals surface area contributed by atoms with Crippen LogP contribution in [-0.4, -0.2) is 17.4 Å². The number of nitriles is 1. The Morgan fingerprint density at radius 3 is 3.19 bits per heavy atom. The molecule has 2 N–H and O–H groups in total. The van der Waals surface area contributed by atoms with Gasteiger partial charge in [-0.25, -0.2) is 0 Å². The number of carbonyl (C=O) groups excluding carboxylic acids is 1. The lowest BCUT2D eigenvalue weighted by atomic mass is 10.1. The van der Waals surface area contributed by atoms with E-state index in [2.05, 4.69) is 21.7 Å². The molecule has 21 heavy (non-hydrogen) atoms. The van der Waals surface area contributed by atoms with Gasteiger partial charge in [-0.05, 0) is 37.1 Å². The summed E-state index contributed by atoms with van der Waals surface area (Å²) in [5, 5.41) is 16.1. The highest BCUT2D eigenvalue weighted by Crippen LogP contribution is 2.35. The molecule has 0 spiro atoms. The van der Waals surface area contributed by atoms with E-state index in [0.29, 0.717) is 16.3 Å². The minimum atomic E-state index is -0.267. The lowest BCUT2D eigenvalue weighted by Crippen LogP contribution is -2.22. The van der Waals surface area contributed by atoms with Gasteiger partial charge >= 0.3 is 0 Å². The van der Waals surface area contributed by atoms with Gasteiger partial charge < -0.3 is 10.6 Å². The van der Waals surface area contributed by atoms with Crippen molar-refractivity contribution in [3.8, 4) is 6.07 Å². The fraction of sp³-hybridized carbons (Fsp3) is 0.267. The molecule has 0 radical (unpaired) electrons. The van der Waals surface area contributed by atoms with Crippen molar-refractivity contribution >= 4 is 22.2 Å². The maximum atomic E-state index is 12.3. The van der Waals surface area contributed by atoms with Crippen molar-refractivity contribution in [1.82, 2.24) is 10.3 Å². The molecule has 106 valence electrons. The summed E-state index contributed by atoms with van der Waals surface area (Å²) in [6.45, 7) is 3.47. The third kappa shape index (κ3) is 2.53. The van der Waals surface area contributed by atoms with E-state index < -0.39 is 0 Å². The van der Waals surface area contributed by atoms with Gasteiger partial charge in [0.1, 0.15) is 16.8 Å². The summed E-state index contributed by atoms with van der Waals surface area (Å²) in [5.74, 6) is -0.267. The second-order valence-corrected chi connectivity index (χ2v) is 5.97. The van der Waals surface area contributed by atoms with Gasteiger partial charge in [-0.1, -0.05) is 6.07 Å². The van der Waals surface area contributed by atoms with Gasteiger partial charge in [0, 0.05) is 17.6 Å². The van der Waals surface area contributed by atoms with Crippen LogP contribution in [0.5, 0.6) is 0 Å². The second kappa shape index (κ2) is 5.64. The van der Waals surface area contributed by atoms with Crippen LogP contribution in [0.3, 0.4) is 0 Å². The Morgan fingerprint density at radius 1 is 1.57 bits per heavy atom. The number of pyridine rings is 1. The maximum Gasteiger partial charge on any atom is 0.275 e. The monoisotopic (exact) mass is 298 g/mol. The molecule has 0 atom stereocenters. The number of rotatable bonds is 2. The van der Waals surface area contributed by atoms with Gasteiger partial charge in [0.15, 0.2) is 0 Å². The SMILES string of the molecule is Cc1cccnc1C(=O)Nc1sc2c(c1C#N)CCNC2. The molecule has 1 aliphatic rings. The third-order valence-electron chi connectivity index (χ3n) is 3.49. The van der Waals surface area contributed by atoms with E-state index >= 15 is 0 Å². The largest absolute Gasteiger partial charge is 0.312 e. The molecule has 6 heteroatoms. The minimum Gasteiger partial charge on any atom is -0.312 e. The van der Waals surface area contributed by atoms with E-state index in [1.54, 1.807) is 12.3 Å². The lowest BCUT2D eigenvalue weighted by Gasteiger charge is -2.11. The maximum absolute atomic E-state index is 12.3. The molecule has 2 aromatic rings. The normalized spacial score (nSPS) is 13.3. The van der Waals surface area contributed by atoms with Crippen LogP contribution in [0.15, 0.2) is 18.3 Å². The lowest BCUT2D eigenvalue weighted by molar-refractivity contribution is 0.102. The molecule has 3 heterocycles. The highest BCUT2D eigenvalue weighted by molar-refractivity contribution is 7.16. The van der Waals surface area contributed by atoms with Gasteiger partial charge in [-0.2, -0.15) is 5.26 Å². The van der Waals surface area contributed by atoms with Crippen LogP contribution in [0, 0.1) is 18.3 Å². The minimum absolute atomic E-state index is 0.267. The number of aryl methyl sites for hydroxylation is 1. The van der Waals surface area contributed by atoms with Gasteiger partial charge in [-0.15, -0.1) is 11.3 Å². The smallest absolute Gasteiger partial charge is 0.275 e. The van der Waals surface area contributed by atoms with Crippen molar-refractivity contribution in [2.24, 2.45) is 0 Å². The summed E-state index contributed by atoms with van der Waals surface area (Å²) >= 11 is 1.47. The molecule has 0 saturated carbocycles. The number of amides is 1. The summed E-state index contributed by atoms with van der Waals surface area (Å²) in [6, 6.07) is 5.86. The summed E-state index contributed by atoms with van der Waals surface area (Å²) in [5.41, 5.74) is 2.87. The molecule has 0 bridgehead atoms. The van der Waals surface area contributed by atoms with E-state index in [-0.39, 0.29) is 5.91 Å². The van der Waals surface area contributed by atoms with Crippen LogP contribution >= 0.6 is 11.3 Å². The Balaban J connectivity index is 1.92. The molecular weight excluding hydrogens is 284 g/mol. The number of thiophene rings is 1. The van der Waals surface area contributed by atoms with Crippen molar-refractivity contribution in [1.29, 1.82) is 5.26 Å². The molecule has 1 aliphatic heterocycles. The second-order valence-electron chi connectivity index (χ2n) is 4.87. The molecule has 2 aromatic heterocycles. The molecule has 1 amide bonds. The Bertz CT molecular complexity index is 745. The third-order valence-corrected chi connectivity index (χ3v) is 4.64. The number of aromatic nitrogens is 1. The number of nitrogens with one attached hydrogen (secondary N) is 2. The van der Waals surface area contributed by atoms with E-state index in [0.717, 1.165) is 35.5 Å². The molecule has 5 nitrogen and oxygen atoms in total. The first-order valence-electron chi connectivity index (χ1n) is 6.69. The first-order valence-corrected chi connectivity index (χ1v) is 7.50. The van der Waals surface area contributed by atoms with Crippen molar-refractivity contribution in [3.05, 3.63) is 45.6 Å². The zero-order valence-corrected chi connectivity index (χ0v) is 12.4. The number of hydrogen-bond acceptors (Lipinski definition) is 5. The van der Waals surface area contributed by atoms with Gasteiger partial charge in [-0.3, -0.25) is 9.78 Å². The standard InChI is InChI=1S/C15H14N4OS/c1-9-3-2-5-18-13(9)14(20)19-15-11(7-16)10-4-6-17-8-12(10)21-15/h2-3,5,17H,4,6,8H2,1H3,(H,19,20). The van der Waals surface area contributed by atoms with Crippen molar-refractivity contribution in [2.45, 2.75) is 19.9 Å². The first kappa shape index (κ1) is 13.7. The summed E-state index contributed by atoms with van der Waals surface area (Å²) in [4.78, 5) is 17.6. The van der Waals surface area contributed by atoms with E-state index in [1.807, 2.05) is 13.0 Å². The molecule has 0 aromatic carbocycles. The van der Waals surface area contributed by atoms with Crippen LogP contribution in [0.1, 0.15) is 32.1 Å². The van der Waals surface area contributed by atoms with Crippen LogP contribution in [-0.2, 0) is 13.0 Å². The molecule has 0 fully saturated rings. The van der Waals surface area contributed by atoms with E-state index in [9.17, 15) is 10.1 Å². The number of carbonyl (C=O) groups is 1. The highest BCUT2D eigenvalue weighted by Gasteiger charge is 2.22. The van der Waals surface area contributed by atoms with Crippen LogP contribution in [0.4, 0.5) is 5.00 Å². The molecule has 0 saturated heterocycles. The van der Waals surface area contributed by atoms with Crippen LogP contribution < -0.4 is 10.6 Å². The van der Waals surface area contributed by atoms with Crippen molar-refractivity contribution in [2.75, 3.05) is 11.9 Å². The topological polar surface area (TPSA) is 77.8 Å². The number of nitrogens with zero attached hydrogens (tertiary/aromatic N) is 2. The molecular formula is C15H14N4OS. The Kier molecular flexibility index (Phi) is 3.69. The van der Waals surface area contributed by atoms with Crippen LogP contribution in [0.25, 0.3) is 0 Å². The molecule has 0 aliphatic carbocycles. The van der Waals surface area contributed by atoms with Gasteiger partial charge in [0.05, 0.1) is 5.56 Å². The predicted molar refractivity (Wildman–Crippen MR) is 81.4 cm³/mol. The van der Waals surface area contributed by atoms with Gasteiger partial charge in [0.2, 0.25) is 0 Å². The van der Waals surface area contributed by atoms with Crippen LogP contribution in [0.2, 0.25) is 0 Å². The van der Waals surface area contributed by atoms with E-state index in [1.165, 1.54) is 11.3 Å². The number of anilines is 1. The zero-order valence-electron chi connectivity index (χ0n) is 11.6. The fourth-order valence-electron chi connectivity index (χ4n) is 2.43. The Labute approximate surface area is 126 Å². The Morgan fingerprint density at radius 2 is 2.43 bits per heavy atom. The van der Waals surface area contributed by atoms with E-state index in [4.69, 9.17) is 0 Å². The molecule has 0 unspecified atom stereocenters. The highest BCUT2D eigenvalue weighted by atomic mass is 32.1. The first-order chi connectivity index (χ1) is 10.2. The number of fused-ring (bicyclic) bond motifs is 1. The molecule has 3 rings (SSSR count). The summed E-state index contributed by atoms with van der Waals surface area (Å²) in [7, 11) is 0. The fourth-order valence-corrected chi connectivity index (χ4v) is 3.59. The quantitative estimate of drug-likeness (QED) is 0.891. The summed E-state index contributed by atoms with van der Waals surface area (Å²) in [6.07, 6.45) is 2.42. The average Bonchev–Trinajstić information content (AvgIpc) is 2.84. The van der Waals surface area contributed by atoms with Gasteiger partial charge in [0.25, 0.3) is 5.91 Å². The summed E-state index contributed by atoms with van der Waals surface area (Å²) < 4.78 is 0. The average molecular weight is 298 g/mol. The Hall–Kier alpha value is -2.23. The number of hydrogen-bond donors (Lipinski definition) is 2. The zero-order chi connectivity index (χ0) is 14.8. The van der Waals surface area contributed by atoms with Crippen molar-refractivity contribution in [3.63, 3.8) is 0 Å². The predicted octanol–water partition coefficient (Wildman–Crippen LogP) is 2.22.